The fourth-order valence-electron chi connectivity index (χ4n) is 3.84. The van der Waals surface area contributed by atoms with Crippen LogP contribution in [0.15, 0.2) is 48.5 Å². The van der Waals surface area contributed by atoms with Gasteiger partial charge >= 0.3 is 186 Å². The van der Waals surface area contributed by atoms with Crippen molar-refractivity contribution in [3.63, 3.8) is 0 Å². The van der Waals surface area contributed by atoms with E-state index in [9.17, 15) is 4.79 Å². The molecule has 0 aliphatic carbocycles. The Hall–Kier alpha value is -2.26. The van der Waals surface area contributed by atoms with Crippen molar-refractivity contribution in [2.24, 2.45) is 0 Å². The Kier molecular flexibility index (Phi) is 6.19. The van der Waals surface area contributed by atoms with Gasteiger partial charge in [-0.3, -0.25) is 0 Å². The molecule has 158 valence electrons. The molecule has 30 heavy (non-hydrogen) atoms. The van der Waals surface area contributed by atoms with Crippen LogP contribution in [-0.2, 0) is 11.3 Å². The van der Waals surface area contributed by atoms with Crippen LogP contribution in [0.25, 0.3) is 22.5 Å². The predicted octanol–water partition coefficient (Wildman–Crippen LogP) is 4.70. The quantitative estimate of drug-likeness (QED) is 0.303. The van der Waals surface area contributed by atoms with E-state index in [2.05, 4.69) is 49.7 Å². The van der Waals surface area contributed by atoms with Crippen molar-refractivity contribution in [2.45, 2.75) is 32.9 Å². The van der Waals surface area contributed by atoms with Gasteiger partial charge in [0.2, 0.25) is 0 Å². The molecule has 0 saturated carbocycles. The first-order valence-electron chi connectivity index (χ1n) is 10.1. The molecular formula is C23H28IN5O. The number of anilines is 1. The average Bonchev–Trinajstić information content (AvgIpc) is 3.15. The normalized spacial score (nSPS) is 13.2. The Morgan fingerprint density at radius 2 is 1.80 bits per heavy atom. The topological polar surface area (TPSA) is 63.1 Å². The number of para-hydroxylation sites is 1. The van der Waals surface area contributed by atoms with E-state index in [1.807, 2.05) is 46.0 Å². The number of benzene rings is 2. The van der Waals surface area contributed by atoms with E-state index in [1.54, 1.807) is 0 Å². The van der Waals surface area contributed by atoms with Gasteiger partial charge in [-0.15, -0.1) is 0 Å². The van der Waals surface area contributed by atoms with Gasteiger partial charge in [0.15, 0.2) is 0 Å². The molecule has 2 aromatic carbocycles. The number of fused-ring (bicyclic) bond motifs is 5. The van der Waals surface area contributed by atoms with Crippen LogP contribution in [0.3, 0.4) is 0 Å². The van der Waals surface area contributed by atoms with E-state index < -0.39 is 20.1 Å². The van der Waals surface area contributed by atoms with Crippen LogP contribution in [0.5, 0.6) is 0 Å². The first-order chi connectivity index (χ1) is 14.5. The summed E-state index contributed by atoms with van der Waals surface area (Å²) < 4.78 is 5.49. The fraction of sp³-hybridized carbons (Fsp3) is 0.348. The predicted molar refractivity (Wildman–Crippen MR) is 131 cm³/mol. The summed E-state index contributed by atoms with van der Waals surface area (Å²) in [5.74, 6) is 0.127. The van der Waals surface area contributed by atoms with Crippen LogP contribution in [-0.4, -0.2) is 37.3 Å². The van der Waals surface area contributed by atoms with Crippen LogP contribution < -0.4 is 8.43 Å². The molecule has 1 aliphatic rings. The summed E-state index contributed by atoms with van der Waals surface area (Å²) in [7, 11) is 0. The van der Waals surface area contributed by atoms with E-state index in [0.717, 1.165) is 40.3 Å². The van der Waals surface area contributed by atoms with Crippen molar-refractivity contribution in [3.8, 4) is 22.5 Å². The van der Waals surface area contributed by atoms with E-state index in [1.165, 1.54) is 0 Å². The number of aromatic nitrogens is 3. The van der Waals surface area contributed by atoms with Crippen LogP contribution in [0.1, 0.15) is 31.9 Å². The zero-order valence-corrected chi connectivity index (χ0v) is 20.1. The molecule has 0 atom stereocenters. The molecule has 3 aromatic rings. The SMILES string of the molecule is CC(C)n1nnc2c1-c1ccccc1CN(C(=O)CCNI(C)C)c1ccccc1-2. The Morgan fingerprint density at radius 1 is 1.10 bits per heavy atom. The van der Waals surface area contributed by atoms with Crippen LogP contribution in [0, 0.1) is 0 Å². The third kappa shape index (κ3) is 4.00. The number of nitrogens with zero attached hydrogens (tertiary/aromatic N) is 4. The molecule has 0 bridgehead atoms. The van der Waals surface area contributed by atoms with Gasteiger partial charge in [-0.05, 0) is 0 Å². The fourth-order valence-corrected chi connectivity index (χ4v) is 5.19. The molecule has 1 amide bonds. The second kappa shape index (κ2) is 8.85. The molecule has 1 aromatic heterocycles. The Bertz CT molecular complexity index is 1060. The number of carbonyl (C=O) groups is 1. The Labute approximate surface area is 185 Å². The van der Waals surface area contributed by atoms with Gasteiger partial charge in [-0.25, -0.2) is 0 Å². The molecule has 6 nitrogen and oxygen atoms in total. The number of amides is 1. The molecule has 2 heterocycles. The van der Waals surface area contributed by atoms with Crippen LogP contribution >= 0.6 is 20.1 Å². The van der Waals surface area contributed by atoms with Crippen LogP contribution in [0.4, 0.5) is 5.69 Å². The second-order valence-corrected chi connectivity index (χ2v) is 12.9. The first-order valence-corrected chi connectivity index (χ1v) is 15.5. The van der Waals surface area contributed by atoms with E-state index in [4.69, 9.17) is 0 Å². The van der Waals surface area contributed by atoms with Crippen molar-refractivity contribution >= 4 is 31.7 Å². The molecule has 0 unspecified atom stereocenters. The van der Waals surface area contributed by atoms with Crippen molar-refractivity contribution in [2.75, 3.05) is 21.3 Å². The Morgan fingerprint density at radius 3 is 2.53 bits per heavy atom. The first kappa shape index (κ1) is 21.0. The van der Waals surface area contributed by atoms with Gasteiger partial charge in [0.05, 0.1) is 0 Å². The number of rotatable bonds is 5. The maximum absolute atomic E-state index is 13.3. The van der Waals surface area contributed by atoms with Crippen molar-refractivity contribution in [1.29, 1.82) is 0 Å². The Balaban J connectivity index is 1.86. The van der Waals surface area contributed by atoms with E-state index in [-0.39, 0.29) is 11.9 Å². The number of hydrogen-bond acceptors (Lipinski definition) is 4. The van der Waals surface area contributed by atoms with Crippen molar-refractivity contribution in [1.82, 2.24) is 18.5 Å². The van der Waals surface area contributed by atoms with Gasteiger partial charge in [0, 0.05) is 0 Å². The summed E-state index contributed by atoms with van der Waals surface area (Å²) in [6.07, 6.45) is 0.484. The molecule has 7 heteroatoms. The van der Waals surface area contributed by atoms with Gasteiger partial charge < -0.3 is 0 Å². The standard InChI is InChI=1S/C23H28IN5O/c1-16(2)29-23-18-10-6-5-9-17(18)15-28(21(30)13-14-25-24(3)4)20-12-8-7-11-19(20)22(23)26-27-29/h5-12,16,25H,13-15H2,1-4H3. The minimum atomic E-state index is -1.06. The summed E-state index contributed by atoms with van der Waals surface area (Å²) in [6.45, 7) is 5.49. The molecule has 0 spiro atoms. The second-order valence-electron chi connectivity index (χ2n) is 7.87. The van der Waals surface area contributed by atoms with E-state index >= 15 is 0 Å². The van der Waals surface area contributed by atoms with Gasteiger partial charge in [-0.2, -0.15) is 0 Å². The maximum atomic E-state index is 13.3. The third-order valence-corrected chi connectivity index (χ3v) is 7.30. The summed E-state index contributed by atoms with van der Waals surface area (Å²) in [4.78, 5) is 19.7. The number of carbonyl (C=O) groups excluding carboxylic acids is 1. The zero-order chi connectivity index (χ0) is 21.3. The number of halogens is 1. The summed E-state index contributed by atoms with van der Waals surface area (Å²) in [6, 6.07) is 16.5. The van der Waals surface area contributed by atoms with E-state index in [0.29, 0.717) is 13.0 Å². The molecule has 0 fully saturated rings. The van der Waals surface area contributed by atoms with Crippen molar-refractivity contribution < 1.29 is 4.79 Å². The monoisotopic (exact) mass is 517 g/mol. The molecule has 4 rings (SSSR count). The molecule has 0 saturated heterocycles. The van der Waals surface area contributed by atoms with Crippen LogP contribution in [0.2, 0.25) is 0 Å². The molecular weight excluding hydrogens is 489 g/mol. The summed E-state index contributed by atoms with van der Waals surface area (Å²) >= 11 is -1.06. The number of alkyl halides is 2. The van der Waals surface area contributed by atoms with Gasteiger partial charge in [0.25, 0.3) is 0 Å². The minimum absolute atomic E-state index is 0.127. The van der Waals surface area contributed by atoms with Crippen molar-refractivity contribution in [3.05, 3.63) is 54.1 Å². The number of nitrogens with one attached hydrogen (secondary N) is 1. The average molecular weight is 517 g/mol. The van der Waals surface area contributed by atoms with Gasteiger partial charge in [-0.1, -0.05) is 0 Å². The molecule has 1 N–H and O–H groups in total. The summed E-state index contributed by atoms with van der Waals surface area (Å²) in [5, 5.41) is 9.04. The van der Waals surface area contributed by atoms with Gasteiger partial charge in [0.1, 0.15) is 0 Å². The number of hydrogen-bond donors (Lipinski definition) is 1. The molecule has 0 radical (unpaired) electrons. The molecule has 1 aliphatic heterocycles. The zero-order valence-electron chi connectivity index (χ0n) is 17.9. The third-order valence-electron chi connectivity index (χ3n) is 5.24. The summed E-state index contributed by atoms with van der Waals surface area (Å²) in [5.41, 5.74) is 5.91.